The summed E-state index contributed by atoms with van der Waals surface area (Å²) in [6, 6.07) is 6.95. The fraction of sp³-hybridized carbons (Fsp3) is 0.556. The summed E-state index contributed by atoms with van der Waals surface area (Å²) >= 11 is 0. The lowest BCUT2D eigenvalue weighted by molar-refractivity contribution is -0.384. The van der Waals surface area contributed by atoms with Crippen molar-refractivity contribution in [3.63, 3.8) is 0 Å². The third kappa shape index (κ3) is 3.76. The van der Waals surface area contributed by atoms with Gasteiger partial charge in [-0.25, -0.2) is 0 Å². The van der Waals surface area contributed by atoms with Crippen molar-refractivity contribution in [3.8, 4) is 11.4 Å². The molecule has 2 aliphatic rings. The minimum atomic E-state index is -0.420. The highest BCUT2D eigenvalue weighted by molar-refractivity contribution is 5.58. The molecule has 3 heterocycles. The van der Waals surface area contributed by atoms with Crippen LogP contribution in [0, 0.1) is 10.1 Å². The van der Waals surface area contributed by atoms with Gasteiger partial charge in [-0.3, -0.25) is 19.9 Å². The van der Waals surface area contributed by atoms with Crippen molar-refractivity contribution in [2.75, 3.05) is 26.2 Å². The van der Waals surface area contributed by atoms with Crippen LogP contribution in [-0.2, 0) is 6.54 Å². The number of nitrogens with zero attached hydrogens (tertiary/aromatic N) is 5. The van der Waals surface area contributed by atoms with Gasteiger partial charge in [0.1, 0.15) is 0 Å². The van der Waals surface area contributed by atoms with Gasteiger partial charge in [-0.2, -0.15) is 4.98 Å². The molecule has 2 aliphatic heterocycles. The van der Waals surface area contributed by atoms with Crippen molar-refractivity contribution in [1.29, 1.82) is 0 Å². The zero-order valence-corrected chi connectivity index (χ0v) is 14.7. The summed E-state index contributed by atoms with van der Waals surface area (Å²) in [6.45, 7) is 5.14. The summed E-state index contributed by atoms with van der Waals surface area (Å²) in [5, 5.41) is 14.9. The Morgan fingerprint density at radius 1 is 1.23 bits per heavy atom. The number of non-ortho nitro benzene ring substituents is 1. The highest BCUT2D eigenvalue weighted by atomic mass is 16.6. The topological polar surface area (TPSA) is 88.5 Å². The number of aromatic nitrogens is 2. The quantitative estimate of drug-likeness (QED) is 0.600. The molecule has 8 nitrogen and oxygen atoms in total. The average Bonchev–Trinajstić information content (AvgIpc) is 3.34. The van der Waals surface area contributed by atoms with Crippen LogP contribution in [0.1, 0.15) is 31.6 Å². The Morgan fingerprint density at radius 2 is 2.08 bits per heavy atom. The van der Waals surface area contributed by atoms with Gasteiger partial charge in [0.05, 0.1) is 11.5 Å². The number of hydrogen-bond donors (Lipinski definition) is 0. The predicted octanol–water partition coefficient (Wildman–Crippen LogP) is 2.71. The van der Waals surface area contributed by atoms with E-state index in [0.29, 0.717) is 29.9 Å². The van der Waals surface area contributed by atoms with E-state index in [1.807, 2.05) is 0 Å². The van der Waals surface area contributed by atoms with E-state index in [1.54, 1.807) is 12.1 Å². The van der Waals surface area contributed by atoms with E-state index >= 15 is 0 Å². The number of benzene rings is 1. The molecule has 1 aromatic heterocycles. The number of nitro groups is 1. The normalized spacial score (nSPS) is 21.9. The van der Waals surface area contributed by atoms with Crippen molar-refractivity contribution < 1.29 is 9.45 Å². The predicted molar refractivity (Wildman–Crippen MR) is 95.5 cm³/mol. The SMILES string of the molecule is O=[N+]([O-])c1cccc(-c2noc(CN3CCCC(N4CCCC4)C3)n2)c1. The number of hydrogen-bond acceptors (Lipinski definition) is 7. The molecule has 138 valence electrons. The Kier molecular flexibility index (Phi) is 4.94. The molecule has 1 unspecified atom stereocenters. The van der Waals surface area contributed by atoms with E-state index in [4.69, 9.17) is 4.52 Å². The van der Waals surface area contributed by atoms with Crippen LogP contribution in [0.2, 0.25) is 0 Å². The van der Waals surface area contributed by atoms with Gasteiger partial charge in [-0.1, -0.05) is 17.3 Å². The summed E-state index contributed by atoms with van der Waals surface area (Å²) in [7, 11) is 0. The Morgan fingerprint density at radius 3 is 2.88 bits per heavy atom. The zero-order chi connectivity index (χ0) is 17.9. The third-order valence-electron chi connectivity index (χ3n) is 5.28. The molecule has 0 saturated carbocycles. The Balaban J connectivity index is 1.41. The molecule has 0 radical (unpaired) electrons. The Labute approximate surface area is 151 Å². The van der Waals surface area contributed by atoms with Gasteiger partial charge < -0.3 is 4.52 Å². The fourth-order valence-electron chi connectivity index (χ4n) is 3.97. The molecule has 1 atom stereocenters. The van der Waals surface area contributed by atoms with Gasteiger partial charge in [-0.15, -0.1) is 0 Å². The minimum Gasteiger partial charge on any atom is -0.338 e. The van der Waals surface area contributed by atoms with Gasteiger partial charge in [0.15, 0.2) is 0 Å². The smallest absolute Gasteiger partial charge is 0.270 e. The zero-order valence-electron chi connectivity index (χ0n) is 14.7. The molecular formula is C18H23N5O3. The molecule has 4 rings (SSSR count). The minimum absolute atomic E-state index is 0.0262. The van der Waals surface area contributed by atoms with Gasteiger partial charge >= 0.3 is 0 Å². The van der Waals surface area contributed by atoms with Crippen LogP contribution in [0.15, 0.2) is 28.8 Å². The summed E-state index contributed by atoms with van der Waals surface area (Å²) in [4.78, 5) is 19.9. The number of rotatable bonds is 5. The van der Waals surface area contributed by atoms with E-state index in [1.165, 1.54) is 50.9 Å². The van der Waals surface area contributed by atoms with Crippen molar-refractivity contribution in [3.05, 3.63) is 40.3 Å². The lowest BCUT2D eigenvalue weighted by Crippen LogP contribution is -2.46. The maximum atomic E-state index is 10.9. The largest absolute Gasteiger partial charge is 0.338 e. The molecule has 0 amide bonds. The summed E-state index contributed by atoms with van der Waals surface area (Å²) < 4.78 is 5.40. The van der Waals surface area contributed by atoms with Crippen LogP contribution in [0.3, 0.4) is 0 Å². The monoisotopic (exact) mass is 357 g/mol. The Bertz CT molecular complexity index is 772. The van der Waals surface area contributed by atoms with E-state index in [9.17, 15) is 10.1 Å². The van der Waals surface area contributed by atoms with E-state index < -0.39 is 4.92 Å². The van der Waals surface area contributed by atoms with Crippen LogP contribution in [0.25, 0.3) is 11.4 Å². The molecule has 0 N–H and O–H groups in total. The molecule has 2 fully saturated rings. The first kappa shape index (κ1) is 17.1. The maximum absolute atomic E-state index is 10.9. The first-order valence-electron chi connectivity index (χ1n) is 9.23. The maximum Gasteiger partial charge on any atom is 0.270 e. The summed E-state index contributed by atoms with van der Waals surface area (Å²) in [6.07, 6.45) is 5.08. The van der Waals surface area contributed by atoms with Crippen LogP contribution in [-0.4, -0.2) is 57.1 Å². The molecule has 0 spiro atoms. The standard InChI is InChI=1S/C18H23N5O3/c24-23(25)15-6-3-5-14(11-15)18-19-17(26-20-18)13-21-8-4-7-16(12-21)22-9-1-2-10-22/h3,5-6,11,16H,1-2,4,7-10,12-13H2. The number of piperidine rings is 1. The lowest BCUT2D eigenvalue weighted by atomic mass is 10.0. The molecule has 1 aromatic carbocycles. The molecule has 8 heteroatoms. The fourth-order valence-corrected chi connectivity index (χ4v) is 3.97. The van der Waals surface area contributed by atoms with Crippen molar-refractivity contribution in [1.82, 2.24) is 19.9 Å². The highest BCUT2D eigenvalue weighted by Gasteiger charge is 2.28. The van der Waals surface area contributed by atoms with Crippen LogP contribution >= 0.6 is 0 Å². The second-order valence-electron chi connectivity index (χ2n) is 7.09. The first-order chi connectivity index (χ1) is 12.7. The molecule has 2 saturated heterocycles. The Hall–Kier alpha value is -2.32. The van der Waals surface area contributed by atoms with Crippen molar-refractivity contribution >= 4 is 5.69 Å². The van der Waals surface area contributed by atoms with E-state index in [0.717, 1.165) is 13.1 Å². The van der Waals surface area contributed by atoms with Gasteiger partial charge in [-0.05, 0) is 45.3 Å². The summed E-state index contributed by atoms with van der Waals surface area (Å²) in [5.41, 5.74) is 0.626. The second kappa shape index (κ2) is 7.51. The highest BCUT2D eigenvalue weighted by Crippen LogP contribution is 2.24. The summed E-state index contributed by atoms with van der Waals surface area (Å²) in [5.74, 6) is 0.963. The lowest BCUT2D eigenvalue weighted by Gasteiger charge is -2.36. The first-order valence-corrected chi connectivity index (χ1v) is 9.23. The van der Waals surface area contributed by atoms with Crippen molar-refractivity contribution in [2.24, 2.45) is 0 Å². The van der Waals surface area contributed by atoms with E-state index in [2.05, 4.69) is 19.9 Å². The average molecular weight is 357 g/mol. The molecule has 2 aromatic rings. The van der Waals surface area contributed by atoms with Gasteiger partial charge in [0.25, 0.3) is 5.69 Å². The molecule has 26 heavy (non-hydrogen) atoms. The molecule has 0 bridgehead atoms. The molecular weight excluding hydrogens is 334 g/mol. The van der Waals surface area contributed by atoms with E-state index in [-0.39, 0.29) is 5.69 Å². The third-order valence-corrected chi connectivity index (χ3v) is 5.28. The van der Waals surface area contributed by atoms with Gasteiger partial charge in [0, 0.05) is 30.3 Å². The van der Waals surface area contributed by atoms with Crippen LogP contribution in [0.4, 0.5) is 5.69 Å². The number of nitro benzene ring substituents is 1. The van der Waals surface area contributed by atoms with Crippen molar-refractivity contribution in [2.45, 2.75) is 38.3 Å². The van der Waals surface area contributed by atoms with Crippen LogP contribution in [0.5, 0.6) is 0 Å². The van der Waals surface area contributed by atoms with Gasteiger partial charge in [0.2, 0.25) is 11.7 Å². The van der Waals surface area contributed by atoms with Crippen LogP contribution < -0.4 is 0 Å². The second-order valence-corrected chi connectivity index (χ2v) is 7.09. The number of likely N-dealkylation sites (tertiary alicyclic amines) is 2. The molecule has 0 aliphatic carbocycles.